The number of hydrogen-bond donors (Lipinski definition) is 0. The highest BCUT2D eigenvalue weighted by molar-refractivity contribution is 5.77. The van der Waals surface area contributed by atoms with Crippen molar-refractivity contribution in [2.75, 3.05) is 20.3 Å². The van der Waals surface area contributed by atoms with Crippen LogP contribution in [0.2, 0.25) is 0 Å². The highest BCUT2D eigenvalue weighted by Gasteiger charge is 2.28. The molecule has 0 saturated carbocycles. The Kier molecular flexibility index (Phi) is 5.24. The van der Waals surface area contributed by atoms with Gasteiger partial charge in [-0.05, 0) is 55.2 Å². The smallest absolute Gasteiger partial charge is 0.210 e. The second-order valence-electron chi connectivity index (χ2n) is 7.03. The largest absolute Gasteiger partial charge is 0.493 e. The predicted molar refractivity (Wildman–Crippen MR) is 108 cm³/mol. The second kappa shape index (κ2) is 7.97. The Morgan fingerprint density at radius 3 is 2.82 bits per heavy atom. The first kappa shape index (κ1) is 18.4. The third-order valence-electron chi connectivity index (χ3n) is 5.40. The standard InChI is InChI=1S/C23H25NO4/c1-3-27-23-14-19-16(13-22(23)26-2)10-11-24(15-25)20(19)9-8-18-12-17-6-4-5-7-21(17)28-18/h4-7,12-15,20H,3,8-11H2,1-2H3/t20-/m1/s1. The van der Waals surface area contributed by atoms with Crippen LogP contribution < -0.4 is 9.47 Å². The molecule has 28 heavy (non-hydrogen) atoms. The molecule has 0 N–H and O–H groups in total. The molecule has 0 spiro atoms. The quantitative estimate of drug-likeness (QED) is 0.566. The SMILES string of the molecule is CCOc1cc2c(cc1OC)CCN(C=O)[C@@H]2CCc1cc2ccccc2o1. The second-order valence-corrected chi connectivity index (χ2v) is 7.03. The summed E-state index contributed by atoms with van der Waals surface area (Å²) in [5.41, 5.74) is 3.25. The number of hydrogen-bond acceptors (Lipinski definition) is 4. The van der Waals surface area contributed by atoms with Gasteiger partial charge < -0.3 is 18.8 Å². The van der Waals surface area contributed by atoms with E-state index in [1.54, 1.807) is 7.11 Å². The highest BCUT2D eigenvalue weighted by Crippen LogP contribution is 2.39. The van der Waals surface area contributed by atoms with Crippen LogP contribution in [-0.4, -0.2) is 31.6 Å². The number of rotatable bonds is 7. The lowest BCUT2D eigenvalue weighted by molar-refractivity contribution is -0.120. The van der Waals surface area contributed by atoms with E-state index in [2.05, 4.69) is 18.2 Å². The first-order valence-corrected chi connectivity index (χ1v) is 9.75. The molecule has 1 aromatic heterocycles. The summed E-state index contributed by atoms with van der Waals surface area (Å²) >= 11 is 0. The molecule has 2 aromatic carbocycles. The average molecular weight is 379 g/mol. The lowest BCUT2D eigenvalue weighted by Gasteiger charge is -2.35. The minimum absolute atomic E-state index is 0.000394. The van der Waals surface area contributed by atoms with Gasteiger partial charge in [0.15, 0.2) is 11.5 Å². The molecule has 0 radical (unpaired) electrons. The highest BCUT2D eigenvalue weighted by atomic mass is 16.5. The third-order valence-corrected chi connectivity index (χ3v) is 5.40. The Balaban J connectivity index is 1.63. The van der Waals surface area contributed by atoms with E-state index in [1.165, 1.54) is 5.56 Å². The summed E-state index contributed by atoms with van der Waals surface area (Å²) in [6, 6.07) is 14.2. The maximum absolute atomic E-state index is 11.7. The van der Waals surface area contributed by atoms with Crippen LogP contribution in [0.5, 0.6) is 11.5 Å². The van der Waals surface area contributed by atoms with Crippen molar-refractivity contribution in [3.05, 3.63) is 59.4 Å². The predicted octanol–water partition coefficient (Wildman–Crippen LogP) is 4.53. The van der Waals surface area contributed by atoms with Gasteiger partial charge >= 0.3 is 0 Å². The number of methoxy groups -OCH3 is 1. The van der Waals surface area contributed by atoms with Crippen LogP contribution in [-0.2, 0) is 17.6 Å². The molecule has 1 amide bonds. The van der Waals surface area contributed by atoms with Gasteiger partial charge in [0.05, 0.1) is 19.8 Å². The molecule has 0 aliphatic carbocycles. The van der Waals surface area contributed by atoms with Crippen molar-refractivity contribution in [2.45, 2.75) is 32.2 Å². The lowest BCUT2D eigenvalue weighted by atomic mass is 9.89. The van der Waals surface area contributed by atoms with E-state index in [1.807, 2.05) is 36.1 Å². The van der Waals surface area contributed by atoms with E-state index in [-0.39, 0.29) is 6.04 Å². The number of furan rings is 1. The molecule has 0 fully saturated rings. The molecule has 1 aliphatic rings. The van der Waals surface area contributed by atoms with Crippen molar-refractivity contribution >= 4 is 17.4 Å². The molecule has 5 nitrogen and oxygen atoms in total. The molecule has 0 unspecified atom stereocenters. The first-order valence-electron chi connectivity index (χ1n) is 9.75. The minimum Gasteiger partial charge on any atom is -0.493 e. The van der Waals surface area contributed by atoms with Crippen LogP contribution in [0.15, 0.2) is 46.9 Å². The molecule has 2 heterocycles. The van der Waals surface area contributed by atoms with E-state index >= 15 is 0 Å². The van der Waals surface area contributed by atoms with E-state index in [9.17, 15) is 4.79 Å². The molecule has 0 bridgehead atoms. The van der Waals surface area contributed by atoms with Crippen molar-refractivity contribution in [1.29, 1.82) is 0 Å². The van der Waals surface area contributed by atoms with E-state index in [0.717, 1.165) is 59.5 Å². The summed E-state index contributed by atoms with van der Waals surface area (Å²) in [4.78, 5) is 13.6. The van der Waals surface area contributed by atoms with Gasteiger partial charge in [0, 0.05) is 18.4 Å². The number of para-hydroxylation sites is 1. The van der Waals surface area contributed by atoms with Gasteiger partial charge in [-0.3, -0.25) is 4.79 Å². The Bertz CT molecular complexity index is 945. The van der Waals surface area contributed by atoms with Gasteiger partial charge in [0.2, 0.25) is 6.41 Å². The van der Waals surface area contributed by atoms with Crippen LogP contribution in [0, 0.1) is 0 Å². The summed E-state index contributed by atoms with van der Waals surface area (Å²) < 4.78 is 17.2. The zero-order chi connectivity index (χ0) is 19.5. The number of carbonyl (C=O) groups is 1. The zero-order valence-corrected chi connectivity index (χ0v) is 16.3. The van der Waals surface area contributed by atoms with Crippen LogP contribution in [0.1, 0.15) is 36.3 Å². The van der Waals surface area contributed by atoms with Crippen molar-refractivity contribution in [3.63, 3.8) is 0 Å². The molecule has 4 rings (SSSR count). The molecule has 0 saturated heterocycles. The number of nitrogens with zero attached hydrogens (tertiary/aromatic N) is 1. The van der Waals surface area contributed by atoms with Crippen molar-refractivity contribution in [1.82, 2.24) is 4.90 Å². The fourth-order valence-corrected chi connectivity index (χ4v) is 4.04. The fourth-order valence-electron chi connectivity index (χ4n) is 4.04. The molecule has 3 aromatic rings. The van der Waals surface area contributed by atoms with Crippen LogP contribution >= 0.6 is 0 Å². The first-order chi connectivity index (χ1) is 13.7. The number of ether oxygens (including phenoxy) is 2. The number of benzene rings is 2. The minimum atomic E-state index is -0.000394. The Morgan fingerprint density at radius 2 is 2.07 bits per heavy atom. The fraction of sp³-hybridized carbons (Fsp3) is 0.348. The summed E-state index contributed by atoms with van der Waals surface area (Å²) in [7, 11) is 1.66. The maximum Gasteiger partial charge on any atom is 0.210 e. The van der Waals surface area contributed by atoms with Crippen LogP contribution in [0.25, 0.3) is 11.0 Å². The summed E-state index contributed by atoms with van der Waals surface area (Å²) in [6.45, 7) is 3.23. The van der Waals surface area contributed by atoms with E-state index in [0.29, 0.717) is 13.2 Å². The number of fused-ring (bicyclic) bond motifs is 2. The molecular formula is C23H25NO4. The van der Waals surface area contributed by atoms with Crippen molar-refractivity contribution in [3.8, 4) is 11.5 Å². The van der Waals surface area contributed by atoms with E-state index in [4.69, 9.17) is 13.9 Å². The Labute approximate surface area is 164 Å². The Hall–Kier alpha value is -2.95. The molecule has 146 valence electrons. The topological polar surface area (TPSA) is 51.9 Å². The summed E-state index contributed by atoms with van der Waals surface area (Å²) in [5.74, 6) is 2.42. The van der Waals surface area contributed by atoms with Gasteiger partial charge in [-0.1, -0.05) is 18.2 Å². The summed E-state index contributed by atoms with van der Waals surface area (Å²) in [6.07, 6.45) is 3.33. The van der Waals surface area contributed by atoms with E-state index < -0.39 is 0 Å². The number of carbonyl (C=O) groups excluding carboxylic acids is 1. The maximum atomic E-state index is 11.7. The van der Waals surface area contributed by atoms with Gasteiger partial charge in [-0.2, -0.15) is 0 Å². The molecule has 5 heteroatoms. The normalized spacial score (nSPS) is 16.1. The van der Waals surface area contributed by atoms with Gasteiger partial charge in [-0.25, -0.2) is 0 Å². The molecule has 1 aliphatic heterocycles. The lowest BCUT2D eigenvalue weighted by Crippen LogP contribution is -2.34. The summed E-state index contributed by atoms with van der Waals surface area (Å²) in [5, 5.41) is 1.11. The average Bonchev–Trinajstić information content (AvgIpc) is 3.14. The monoisotopic (exact) mass is 379 g/mol. The van der Waals surface area contributed by atoms with Gasteiger partial charge in [-0.15, -0.1) is 0 Å². The number of amides is 1. The van der Waals surface area contributed by atoms with Crippen molar-refractivity contribution < 1.29 is 18.7 Å². The van der Waals surface area contributed by atoms with Gasteiger partial charge in [0.1, 0.15) is 11.3 Å². The van der Waals surface area contributed by atoms with Crippen LogP contribution in [0.3, 0.4) is 0 Å². The zero-order valence-electron chi connectivity index (χ0n) is 16.3. The Morgan fingerprint density at radius 1 is 1.21 bits per heavy atom. The van der Waals surface area contributed by atoms with Gasteiger partial charge in [0.25, 0.3) is 0 Å². The molecule has 1 atom stereocenters. The van der Waals surface area contributed by atoms with Crippen LogP contribution in [0.4, 0.5) is 0 Å². The third kappa shape index (κ3) is 3.44. The molecular weight excluding hydrogens is 354 g/mol. The number of aryl methyl sites for hydroxylation is 1. The van der Waals surface area contributed by atoms with Crippen molar-refractivity contribution in [2.24, 2.45) is 0 Å².